The zero-order chi connectivity index (χ0) is 31.4. The number of phenols is 2. The number of ether oxygens (including phenoxy) is 4. The first-order valence-corrected chi connectivity index (χ1v) is 13.7. The minimum absolute atomic E-state index is 0.0828. The van der Waals surface area contributed by atoms with Crippen LogP contribution in [0.4, 0.5) is 4.79 Å². The molecule has 43 heavy (non-hydrogen) atoms. The first-order valence-electron chi connectivity index (χ1n) is 13.7. The van der Waals surface area contributed by atoms with Gasteiger partial charge >= 0.3 is 6.09 Å². The summed E-state index contributed by atoms with van der Waals surface area (Å²) in [7, 11) is 2.73. The average molecular weight is 604 g/mol. The number of aliphatic hydroxyl groups is 2. The predicted molar refractivity (Wildman–Crippen MR) is 144 cm³/mol. The lowest BCUT2D eigenvalue weighted by Crippen LogP contribution is -2.56. The summed E-state index contributed by atoms with van der Waals surface area (Å²) in [6, 6.07) is -0.794. The number of ketones is 3. The largest absolute Gasteiger partial charge is 0.507 e. The van der Waals surface area contributed by atoms with E-state index in [2.05, 4.69) is 5.32 Å². The van der Waals surface area contributed by atoms with Crippen LogP contribution in [0.15, 0.2) is 24.0 Å². The maximum atomic E-state index is 13.8. The SMILES string of the molecule is COC1=CC=CC2C(=O)c3c(O)c4c(c(O)c3C(=O)C12)[C@@H](O[C@H]1C[C@@H](NC(=O)O)[C@H](OC)C(C)O1)CC(O)(C(=O)CO)C4. The van der Waals surface area contributed by atoms with E-state index >= 15 is 0 Å². The number of Topliss-reactive ketones (excluding diaryl/α,β-unsaturated/α-hetero) is 3. The Balaban J connectivity index is 1.62. The van der Waals surface area contributed by atoms with Gasteiger partial charge in [-0.25, -0.2) is 4.79 Å². The molecule has 5 rings (SSSR count). The lowest BCUT2D eigenvalue weighted by Gasteiger charge is -2.43. The maximum Gasteiger partial charge on any atom is 0.404 e. The van der Waals surface area contributed by atoms with Crippen LogP contribution in [0.5, 0.6) is 11.5 Å². The van der Waals surface area contributed by atoms with Gasteiger partial charge in [-0.2, -0.15) is 0 Å². The van der Waals surface area contributed by atoms with Gasteiger partial charge in [0.25, 0.3) is 0 Å². The number of nitrogens with one attached hydrogen (secondary N) is 1. The molecule has 4 unspecified atom stereocenters. The fraction of sp³-hybridized carbons (Fsp3) is 0.517. The number of methoxy groups -OCH3 is 2. The van der Waals surface area contributed by atoms with Gasteiger partial charge in [0.2, 0.25) is 0 Å². The fourth-order valence-corrected chi connectivity index (χ4v) is 6.73. The van der Waals surface area contributed by atoms with E-state index in [9.17, 15) is 44.7 Å². The molecule has 0 bridgehead atoms. The molecule has 14 nitrogen and oxygen atoms in total. The van der Waals surface area contributed by atoms with Gasteiger partial charge in [-0.3, -0.25) is 14.4 Å². The van der Waals surface area contributed by atoms with E-state index in [-0.39, 0.29) is 23.3 Å². The second-order valence-electron chi connectivity index (χ2n) is 11.1. The number of carboxylic acid groups (broad SMARTS) is 1. The number of allylic oxidation sites excluding steroid dienone is 4. The number of benzene rings is 1. The number of hydrogen-bond donors (Lipinski definition) is 6. The highest BCUT2D eigenvalue weighted by atomic mass is 16.7. The molecule has 14 heteroatoms. The number of carbonyl (C=O) groups is 4. The predicted octanol–water partition coefficient (Wildman–Crippen LogP) is 0.892. The minimum Gasteiger partial charge on any atom is -0.507 e. The summed E-state index contributed by atoms with van der Waals surface area (Å²) in [5, 5.41) is 55.7. The zero-order valence-electron chi connectivity index (χ0n) is 23.6. The Bertz CT molecular complexity index is 1430. The molecule has 4 aliphatic rings. The minimum atomic E-state index is -2.29. The molecular weight excluding hydrogens is 570 g/mol. The Morgan fingerprint density at radius 3 is 2.47 bits per heavy atom. The smallest absolute Gasteiger partial charge is 0.404 e. The van der Waals surface area contributed by atoms with Crippen molar-refractivity contribution in [3.8, 4) is 11.5 Å². The molecule has 8 atom stereocenters. The summed E-state index contributed by atoms with van der Waals surface area (Å²) in [6.07, 6.45) is -1.93. The molecule has 0 aromatic heterocycles. The summed E-state index contributed by atoms with van der Waals surface area (Å²) in [6.45, 7) is 0.575. The summed E-state index contributed by atoms with van der Waals surface area (Å²) >= 11 is 0. The lowest BCUT2D eigenvalue weighted by atomic mass is 9.67. The van der Waals surface area contributed by atoms with Gasteiger partial charge in [0.1, 0.15) is 35.6 Å². The van der Waals surface area contributed by atoms with E-state index in [0.29, 0.717) is 0 Å². The summed E-state index contributed by atoms with van der Waals surface area (Å²) < 4.78 is 22.8. The number of aliphatic hydroxyl groups excluding tert-OH is 1. The molecule has 0 saturated carbocycles. The van der Waals surface area contributed by atoms with Crippen LogP contribution >= 0.6 is 0 Å². The van der Waals surface area contributed by atoms with Crippen LogP contribution in [0.3, 0.4) is 0 Å². The van der Waals surface area contributed by atoms with Crippen molar-refractivity contribution in [2.45, 2.75) is 62.4 Å². The number of amides is 1. The van der Waals surface area contributed by atoms with Crippen molar-refractivity contribution in [3.05, 3.63) is 46.2 Å². The van der Waals surface area contributed by atoms with Crippen LogP contribution in [0, 0.1) is 11.8 Å². The molecule has 3 aliphatic carbocycles. The van der Waals surface area contributed by atoms with E-state index in [1.54, 1.807) is 13.0 Å². The van der Waals surface area contributed by atoms with Crippen LogP contribution in [0.25, 0.3) is 0 Å². The van der Waals surface area contributed by atoms with E-state index in [1.165, 1.54) is 26.4 Å². The number of phenolic OH excluding ortho intramolecular Hbond substituents is 2. The monoisotopic (exact) mass is 603 g/mol. The molecule has 0 spiro atoms. The molecule has 1 saturated heterocycles. The normalized spacial score (nSPS) is 33.1. The van der Waals surface area contributed by atoms with Gasteiger partial charge in [0, 0.05) is 37.5 Å². The fourth-order valence-electron chi connectivity index (χ4n) is 6.73. The number of rotatable bonds is 7. The standard InChI is InChI=1S/C29H33NO13/c1-11-27(41-3)14(30-28(37)38)7-18(42-11)43-16-9-29(39,17(32)10-31)8-13-20(16)26(36)22-21(24(13)34)23(33)12-5-4-6-15(40-2)19(12)25(22)35/h4-6,11-12,14,16,18-19,27,30-31,34,36,39H,7-10H2,1-3H3,(H,37,38)/t11?,12?,14-,16+,18+,19?,27-,29?/m1/s1. The van der Waals surface area contributed by atoms with Gasteiger partial charge < -0.3 is 49.8 Å². The molecule has 232 valence electrons. The van der Waals surface area contributed by atoms with Crippen LogP contribution < -0.4 is 5.32 Å². The van der Waals surface area contributed by atoms with Gasteiger partial charge in [0.05, 0.1) is 48.3 Å². The highest BCUT2D eigenvalue weighted by Crippen LogP contribution is 2.53. The third-order valence-electron chi connectivity index (χ3n) is 8.69. The third-order valence-corrected chi connectivity index (χ3v) is 8.69. The second-order valence-corrected chi connectivity index (χ2v) is 11.1. The Labute approximate surface area is 245 Å². The number of carbonyl (C=O) groups excluding carboxylic acids is 3. The number of fused-ring (bicyclic) bond motifs is 3. The van der Waals surface area contributed by atoms with Crippen molar-refractivity contribution in [2.24, 2.45) is 11.8 Å². The van der Waals surface area contributed by atoms with Gasteiger partial charge in [-0.15, -0.1) is 0 Å². The van der Waals surface area contributed by atoms with E-state index in [1.807, 2.05) is 0 Å². The van der Waals surface area contributed by atoms with E-state index in [4.69, 9.17) is 18.9 Å². The van der Waals surface area contributed by atoms with Crippen LogP contribution in [0.2, 0.25) is 0 Å². The quantitative estimate of drug-likeness (QED) is 0.239. The highest BCUT2D eigenvalue weighted by Gasteiger charge is 2.52. The first-order chi connectivity index (χ1) is 20.4. The summed E-state index contributed by atoms with van der Waals surface area (Å²) in [5.41, 5.74) is -3.55. The Hall–Kier alpha value is -3.82. The van der Waals surface area contributed by atoms with Crippen LogP contribution in [-0.4, -0.2) is 99.9 Å². The summed E-state index contributed by atoms with van der Waals surface area (Å²) in [5.74, 6) is -5.67. The number of hydrogen-bond acceptors (Lipinski definition) is 12. The Morgan fingerprint density at radius 1 is 1.14 bits per heavy atom. The maximum absolute atomic E-state index is 13.8. The molecule has 6 N–H and O–H groups in total. The second kappa shape index (κ2) is 11.4. The molecule has 1 aromatic rings. The molecule has 1 amide bonds. The van der Waals surface area contributed by atoms with E-state index < -0.39 is 114 Å². The first kappa shape index (κ1) is 30.6. The van der Waals surface area contributed by atoms with Crippen molar-refractivity contribution in [3.63, 3.8) is 0 Å². The van der Waals surface area contributed by atoms with Gasteiger partial charge in [-0.05, 0) is 13.0 Å². The lowest BCUT2D eigenvalue weighted by molar-refractivity contribution is -0.252. The Morgan fingerprint density at radius 2 is 1.84 bits per heavy atom. The van der Waals surface area contributed by atoms with Crippen molar-refractivity contribution in [2.75, 3.05) is 20.8 Å². The van der Waals surface area contributed by atoms with Crippen molar-refractivity contribution < 1.29 is 63.7 Å². The molecule has 1 fully saturated rings. The molecular formula is C29H33NO13. The van der Waals surface area contributed by atoms with Crippen molar-refractivity contribution in [1.82, 2.24) is 5.32 Å². The molecule has 1 aromatic carbocycles. The Kier molecular flexibility index (Phi) is 8.09. The topological polar surface area (TPSA) is 218 Å². The third kappa shape index (κ3) is 4.98. The molecule has 1 heterocycles. The molecule has 1 aliphatic heterocycles. The van der Waals surface area contributed by atoms with Gasteiger partial charge in [0.15, 0.2) is 23.6 Å². The van der Waals surface area contributed by atoms with E-state index in [0.717, 1.165) is 0 Å². The average Bonchev–Trinajstić information content (AvgIpc) is 2.96. The van der Waals surface area contributed by atoms with Crippen LogP contribution in [-0.2, 0) is 30.2 Å². The van der Waals surface area contributed by atoms with Crippen molar-refractivity contribution in [1.29, 1.82) is 0 Å². The summed E-state index contributed by atoms with van der Waals surface area (Å²) in [4.78, 5) is 51.6. The molecule has 0 radical (unpaired) electrons. The van der Waals surface area contributed by atoms with Crippen LogP contribution in [0.1, 0.15) is 57.7 Å². The highest BCUT2D eigenvalue weighted by molar-refractivity contribution is 6.20. The van der Waals surface area contributed by atoms with Gasteiger partial charge in [-0.1, -0.05) is 12.2 Å². The van der Waals surface area contributed by atoms with Crippen molar-refractivity contribution >= 4 is 23.4 Å². The zero-order valence-corrected chi connectivity index (χ0v) is 23.6. The number of aromatic hydroxyl groups is 2.